The minimum Gasteiger partial charge on any atom is -0.346 e. The van der Waals surface area contributed by atoms with Crippen molar-refractivity contribution in [2.75, 3.05) is 6.54 Å². The monoisotopic (exact) mass is 268 g/mol. The van der Waals surface area contributed by atoms with Crippen molar-refractivity contribution < 1.29 is 0 Å². The summed E-state index contributed by atoms with van der Waals surface area (Å²) >= 11 is 0. The average Bonchev–Trinajstić information content (AvgIpc) is 3.12. The maximum absolute atomic E-state index is 4.24. The lowest BCUT2D eigenvalue weighted by atomic mass is 10.1. The maximum atomic E-state index is 4.24. The second-order valence-electron chi connectivity index (χ2n) is 4.95. The van der Waals surface area contributed by atoms with Crippen molar-refractivity contribution in [3.05, 3.63) is 54.5 Å². The summed E-state index contributed by atoms with van der Waals surface area (Å²) in [5.74, 6) is 0. The first-order chi connectivity index (χ1) is 9.86. The van der Waals surface area contributed by atoms with Gasteiger partial charge >= 0.3 is 0 Å². The van der Waals surface area contributed by atoms with Crippen molar-refractivity contribution in [3.8, 4) is 0 Å². The zero-order valence-electron chi connectivity index (χ0n) is 11.8. The molecule has 0 radical (unpaired) electrons. The number of aromatic nitrogens is 3. The van der Waals surface area contributed by atoms with Crippen LogP contribution in [0.25, 0.3) is 10.9 Å². The van der Waals surface area contributed by atoms with Crippen LogP contribution < -0.4 is 5.32 Å². The van der Waals surface area contributed by atoms with Gasteiger partial charge in [-0.1, -0.05) is 13.0 Å². The van der Waals surface area contributed by atoms with Crippen molar-refractivity contribution >= 4 is 10.9 Å². The lowest BCUT2D eigenvalue weighted by Gasteiger charge is -2.07. The van der Waals surface area contributed by atoms with Gasteiger partial charge in [-0.2, -0.15) is 5.10 Å². The Kier molecular flexibility index (Phi) is 3.83. The number of hydrogen-bond donors (Lipinski definition) is 1. The number of nitrogens with zero attached hydrogens (tertiary/aromatic N) is 3. The van der Waals surface area contributed by atoms with Crippen LogP contribution in [-0.2, 0) is 19.6 Å². The predicted molar refractivity (Wildman–Crippen MR) is 81.5 cm³/mol. The highest BCUT2D eigenvalue weighted by molar-refractivity contribution is 5.80. The molecule has 2 heterocycles. The summed E-state index contributed by atoms with van der Waals surface area (Å²) < 4.78 is 4.25. The largest absolute Gasteiger partial charge is 0.346 e. The number of benzene rings is 1. The summed E-state index contributed by atoms with van der Waals surface area (Å²) in [4.78, 5) is 0. The molecule has 0 unspecified atom stereocenters. The van der Waals surface area contributed by atoms with Gasteiger partial charge in [-0.3, -0.25) is 4.68 Å². The molecule has 4 nitrogen and oxygen atoms in total. The molecule has 0 amide bonds. The molecule has 4 heteroatoms. The molecule has 2 aromatic heterocycles. The Morgan fingerprint density at radius 3 is 2.90 bits per heavy atom. The first kappa shape index (κ1) is 12.9. The van der Waals surface area contributed by atoms with E-state index in [0.717, 1.165) is 26.2 Å². The van der Waals surface area contributed by atoms with E-state index in [1.165, 1.54) is 16.5 Å². The topological polar surface area (TPSA) is 34.8 Å². The van der Waals surface area contributed by atoms with Crippen LogP contribution in [-0.4, -0.2) is 20.9 Å². The van der Waals surface area contributed by atoms with Crippen molar-refractivity contribution in [2.24, 2.45) is 0 Å². The van der Waals surface area contributed by atoms with E-state index in [4.69, 9.17) is 0 Å². The van der Waals surface area contributed by atoms with Crippen molar-refractivity contribution in [1.29, 1.82) is 0 Å². The van der Waals surface area contributed by atoms with Crippen LogP contribution in [0.15, 0.2) is 48.9 Å². The first-order valence-corrected chi connectivity index (χ1v) is 7.13. The fraction of sp³-hybridized carbons (Fsp3) is 0.312. The smallest absolute Gasteiger partial charge is 0.0588 e. The standard InChI is InChI=1S/C16H20N4/c1-2-17-13-14-4-5-16-15(12-14)6-9-19(16)10-11-20-8-3-7-18-20/h3-9,12,17H,2,10-11,13H2,1H3. The molecular formula is C16H20N4. The Bertz CT molecular complexity index is 667. The Morgan fingerprint density at radius 2 is 2.10 bits per heavy atom. The molecule has 0 spiro atoms. The van der Waals surface area contributed by atoms with Crippen molar-refractivity contribution in [2.45, 2.75) is 26.6 Å². The van der Waals surface area contributed by atoms with Crippen LogP contribution in [0, 0.1) is 0 Å². The molecule has 0 bridgehead atoms. The summed E-state index contributed by atoms with van der Waals surface area (Å²) in [6.45, 7) is 5.91. The summed E-state index contributed by atoms with van der Waals surface area (Å²) in [5.41, 5.74) is 2.63. The molecule has 3 aromatic rings. The molecule has 0 aliphatic rings. The van der Waals surface area contributed by atoms with Crippen LogP contribution in [0.4, 0.5) is 0 Å². The average molecular weight is 268 g/mol. The summed E-state index contributed by atoms with van der Waals surface area (Å²) in [5, 5.41) is 8.91. The molecule has 0 atom stereocenters. The van der Waals surface area contributed by atoms with Gasteiger partial charge in [-0.25, -0.2) is 0 Å². The van der Waals surface area contributed by atoms with E-state index < -0.39 is 0 Å². The van der Waals surface area contributed by atoms with Crippen LogP contribution in [0.5, 0.6) is 0 Å². The SMILES string of the molecule is CCNCc1ccc2c(ccn2CCn2cccn2)c1. The Morgan fingerprint density at radius 1 is 1.15 bits per heavy atom. The molecule has 0 fully saturated rings. The summed E-state index contributed by atoms with van der Waals surface area (Å²) in [6, 6.07) is 10.8. The molecular weight excluding hydrogens is 248 g/mol. The summed E-state index contributed by atoms with van der Waals surface area (Å²) in [7, 11) is 0. The third-order valence-electron chi connectivity index (χ3n) is 3.54. The number of aryl methyl sites for hydroxylation is 2. The number of hydrogen-bond acceptors (Lipinski definition) is 2. The van der Waals surface area contributed by atoms with Crippen LogP contribution >= 0.6 is 0 Å². The van der Waals surface area contributed by atoms with E-state index >= 15 is 0 Å². The maximum Gasteiger partial charge on any atom is 0.0588 e. The molecule has 0 saturated carbocycles. The predicted octanol–water partition coefficient (Wildman–Crippen LogP) is 2.65. The lowest BCUT2D eigenvalue weighted by molar-refractivity contribution is 0.543. The Balaban J connectivity index is 1.75. The van der Waals surface area contributed by atoms with Crippen molar-refractivity contribution in [1.82, 2.24) is 19.7 Å². The molecule has 0 aliphatic heterocycles. The molecule has 0 saturated heterocycles. The van der Waals surface area contributed by atoms with Gasteiger partial charge in [0.15, 0.2) is 0 Å². The fourth-order valence-corrected chi connectivity index (χ4v) is 2.47. The van der Waals surface area contributed by atoms with Crippen molar-refractivity contribution in [3.63, 3.8) is 0 Å². The Labute approximate surface area is 119 Å². The molecule has 0 aliphatic carbocycles. The second kappa shape index (κ2) is 5.92. The minimum absolute atomic E-state index is 0.899. The van der Waals surface area contributed by atoms with Crippen LogP contribution in [0.3, 0.4) is 0 Å². The highest BCUT2D eigenvalue weighted by Crippen LogP contribution is 2.18. The zero-order chi connectivity index (χ0) is 13.8. The first-order valence-electron chi connectivity index (χ1n) is 7.13. The molecule has 1 N–H and O–H groups in total. The highest BCUT2D eigenvalue weighted by atomic mass is 15.3. The number of rotatable bonds is 6. The van der Waals surface area contributed by atoms with Gasteiger partial charge in [0, 0.05) is 37.2 Å². The Hall–Kier alpha value is -2.07. The van der Waals surface area contributed by atoms with Gasteiger partial charge in [-0.05, 0) is 41.8 Å². The molecule has 20 heavy (non-hydrogen) atoms. The normalized spacial score (nSPS) is 11.2. The quantitative estimate of drug-likeness (QED) is 0.746. The lowest BCUT2D eigenvalue weighted by Crippen LogP contribution is -2.11. The van der Waals surface area contributed by atoms with Gasteiger partial charge in [0.25, 0.3) is 0 Å². The van der Waals surface area contributed by atoms with E-state index in [0.29, 0.717) is 0 Å². The van der Waals surface area contributed by atoms with Gasteiger partial charge in [0.2, 0.25) is 0 Å². The van der Waals surface area contributed by atoms with E-state index in [1.54, 1.807) is 0 Å². The highest BCUT2D eigenvalue weighted by Gasteiger charge is 2.02. The van der Waals surface area contributed by atoms with Gasteiger partial charge < -0.3 is 9.88 Å². The molecule has 104 valence electrons. The van der Waals surface area contributed by atoms with Gasteiger partial charge in [-0.15, -0.1) is 0 Å². The summed E-state index contributed by atoms with van der Waals surface area (Å²) in [6.07, 6.45) is 5.98. The van der Waals surface area contributed by atoms with Gasteiger partial charge in [0.05, 0.1) is 6.54 Å². The molecule has 1 aromatic carbocycles. The van der Waals surface area contributed by atoms with E-state index in [9.17, 15) is 0 Å². The van der Waals surface area contributed by atoms with E-state index in [2.05, 4.69) is 52.4 Å². The van der Waals surface area contributed by atoms with E-state index in [-0.39, 0.29) is 0 Å². The molecule has 3 rings (SSSR count). The third-order valence-corrected chi connectivity index (χ3v) is 3.54. The minimum atomic E-state index is 0.899. The fourth-order valence-electron chi connectivity index (χ4n) is 2.47. The number of fused-ring (bicyclic) bond motifs is 1. The van der Waals surface area contributed by atoms with Crippen LogP contribution in [0.2, 0.25) is 0 Å². The van der Waals surface area contributed by atoms with E-state index in [1.807, 2.05) is 23.1 Å². The second-order valence-corrected chi connectivity index (χ2v) is 4.95. The number of nitrogens with one attached hydrogen (secondary N) is 1. The van der Waals surface area contributed by atoms with Crippen LogP contribution in [0.1, 0.15) is 12.5 Å². The third kappa shape index (κ3) is 2.75. The van der Waals surface area contributed by atoms with Gasteiger partial charge in [0.1, 0.15) is 0 Å². The zero-order valence-corrected chi connectivity index (χ0v) is 11.8.